The van der Waals surface area contributed by atoms with Crippen molar-refractivity contribution in [1.82, 2.24) is 24.6 Å². The molecule has 3 aliphatic heterocycles. The van der Waals surface area contributed by atoms with E-state index in [2.05, 4.69) is 9.88 Å². The standard InChI is InChI=1S/C26H27N5O3S2/c32-24(19-3-4-20-15-30(7-5-18(20)14-19)25(33)22-2-1-12-35-22)31-16-21(17-31)28-8-10-29(11-9-28)26(34)23-27-6-13-36-23/h1-4,6,12-14,21H,5,7-11,15-17H2. The number of fused-ring (bicyclic) bond motifs is 1. The number of carbonyl (C=O) groups is 3. The second-order valence-electron chi connectivity index (χ2n) is 9.47. The first-order chi connectivity index (χ1) is 17.6. The van der Waals surface area contributed by atoms with E-state index in [1.165, 1.54) is 22.7 Å². The number of nitrogens with zero attached hydrogens (tertiary/aromatic N) is 5. The van der Waals surface area contributed by atoms with Crippen LogP contribution in [0.2, 0.25) is 0 Å². The Balaban J connectivity index is 1.01. The van der Waals surface area contributed by atoms with Gasteiger partial charge >= 0.3 is 0 Å². The van der Waals surface area contributed by atoms with Crippen LogP contribution in [0.3, 0.4) is 0 Å². The van der Waals surface area contributed by atoms with Crippen LogP contribution in [0.15, 0.2) is 47.3 Å². The molecule has 3 aromatic rings. The average Bonchev–Trinajstić information content (AvgIpc) is 3.62. The van der Waals surface area contributed by atoms with Crippen LogP contribution < -0.4 is 0 Å². The highest BCUT2D eigenvalue weighted by Crippen LogP contribution is 2.25. The van der Waals surface area contributed by atoms with Gasteiger partial charge in [0.1, 0.15) is 0 Å². The summed E-state index contributed by atoms with van der Waals surface area (Å²) >= 11 is 2.85. The number of thiophene rings is 1. The maximum atomic E-state index is 13.1. The van der Waals surface area contributed by atoms with Gasteiger partial charge < -0.3 is 14.7 Å². The number of amides is 3. The first kappa shape index (κ1) is 23.3. The maximum Gasteiger partial charge on any atom is 0.282 e. The van der Waals surface area contributed by atoms with Gasteiger partial charge in [0.25, 0.3) is 17.7 Å². The highest BCUT2D eigenvalue weighted by atomic mass is 32.1. The normalized spacial score (nSPS) is 18.6. The summed E-state index contributed by atoms with van der Waals surface area (Å²) in [5, 5.41) is 4.30. The number of piperazine rings is 1. The van der Waals surface area contributed by atoms with Crippen LogP contribution in [0.1, 0.15) is 41.0 Å². The molecule has 0 radical (unpaired) electrons. The van der Waals surface area contributed by atoms with Crippen LogP contribution in [-0.2, 0) is 13.0 Å². The third-order valence-corrected chi connectivity index (χ3v) is 8.99. The molecule has 0 aliphatic carbocycles. The monoisotopic (exact) mass is 521 g/mol. The molecule has 0 atom stereocenters. The van der Waals surface area contributed by atoms with E-state index in [0.717, 1.165) is 54.2 Å². The SMILES string of the molecule is O=C(c1ccc2c(c1)CCN(C(=O)c1cccs1)C2)N1CC(N2CCN(C(=O)c3nccs3)CC2)C1. The van der Waals surface area contributed by atoms with Crippen LogP contribution in [0.5, 0.6) is 0 Å². The molecule has 3 amide bonds. The molecule has 0 N–H and O–H groups in total. The molecule has 5 heterocycles. The van der Waals surface area contributed by atoms with Crippen molar-refractivity contribution < 1.29 is 14.4 Å². The Morgan fingerprint density at radius 3 is 2.36 bits per heavy atom. The number of carbonyl (C=O) groups excluding carboxylic acids is 3. The van der Waals surface area contributed by atoms with Crippen LogP contribution in [0.4, 0.5) is 0 Å². The van der Waals surface area contributed by atoms with Gasteiger partial charge in [-0.15, -0.1) is 22.7 Å². The zero-order valence-corrected chi connectivity index (χ0v) is 21.5. The molecule has 2 fully saturated rings. The lowest BCUT2D eigenvalue weighted by atomic mass is 9.95. The molecule has 2 saturated heterocycles. The summed E-state index contributed by atoms with van der Waals surface area (Å²) in [5.41, 5.74) is 3.01. The number of rotatable bonds is 4. The van der Waals surface area contributed by atoms with E-state index < -0.39 is 0 Å². The predicted molar refractivity (Wildman–Crippen MR) is 138 cm³/mol. The number of benzene rings is 1. The number of hydrogen-bond donors (Lipinski definition) is 0. The van der Waals surface area contributed by atoms with Gasteiger partial charge in [0, 0.05) is 75.5 Å². The fourth-order valence-electron chi connectivity index (χ4n) is 5.20. The molecule has 8 nitrogen and oxygen atoms in total. The van der Waals surface area contributed by atoms with Gasteiger partial charge in [-0.1, -0.05) is 12.1 Å². The zero-order chi connectivity index (χ0) is 24.6. The summed E-state index contributed by atoms with van der Waals surface area (Å²) in [7, 11) is 0. The second-order valence-corrected chi connectivity index (χ2v) is 11.3. The molecular weight excluding hydrogens is 494 g/mol. The second kappa shape index (κ2) is 9.76. The first-order valence-electron chi connectivity index (χ1n) is 12.2. The summed E-state index contributed by atoms with van der Waals surface area (Å²) in [5.74, 6) is 0.168. The highest BCUT2D eigenvalue weighted by Gasteiger charge is 2.37. The molecule has 0 saturated carbocycles. The number of aromatic nitrogens is 1. The largest absolute Gasteiger partial charge is 0.335 e. The van der Waals surface area contributed by atoms with Gasteiger partial charge in [0.2, 0.25) is 0 Å². The number of likely N-dealkylation sites (tertiary alicyclic amines) is 1. The minimum absolute atomic E-state index is 0.0153. The lowest BCUT2D eigenvalue weighted by molar-refractivity contribution is 0.00851. The molecule has 1 aromatic carbocycles. The summed E-state index contributed by atoms with van der Waals surface area (Å²) in [6.07, 6.45) is 2.43. The first-order valence-corrected chi connectivity index (χ1v) is 14.0. The molecule has 186 valence electrons. The van der Waals surface area contributed by atoms with Crippen LogP contribution >= 0.6 is 22.7 Å². The molecule has 10 heteroatoms. The van der Waals surface area contributed by atoms with Gasteiger partial charge in [-0.3, -0.25) is 19.3 Å². The molecule has 3 aliphatic rings. The van der Waals surface area contributed by atoms with Crippen molar-refractivity contribution in [1.29, 1.82) is 0 Å². The Morgan fingerprint density at radius 2 is 1.64 bits per heavy atom. The molecule has 36 heavy (non-hydrogen) atoms. The minimum atomic E-state index is 0.0153. The maximum absolute atomic E-state index is 13.1. The highest BCUT2D eigenvalue weighted by molar-refractivity contribution is 7.12. The molecule has 0 spiro atoms. The summed E-state index contributed by atoms with van der Waals surface area (Å²) < 4.78 is 0. The van der Waals surface area contributed by atoms with Gasteiger partial charge in [0.15, 0.2) is 5.01 Å². The van der Waals surface area contributed by atoms with E-state index in [4.69, 9.17) is 0 Å². The van der Waals surface area contributed by atoms with Crippen molar-refractivity contribution in [3.05, 3.63) is 73.9 Å². The minimum Gasteiger partial charge on any atom is -0.335 e. The smallest absolute Gasteiger partial charge is 0.282 e. The molecular formula is C26H27N5O3S2. The quantitative estimate of drug-likeness (QED) is 0.528. The Labute approximate surface area is 217 Å². The van der Waals surface area contributed by atoms with Crippen molar-refractivity contribution >= 4 is 40.4 Å². The molecule has 2 aromatic heterocycles. The van der Waals surface area contributed by atoms with E-state index in [-0.39, 0.29) is 17.7 Å². The summed E-state index contributed by atoms with van der Waals surface area (Å²) in [4.78, 5) is 51.3. The number of thiazole rings is 1. The third-order valence-electron chi connectivity index (χ3n) is 7.37. The van der Waals surface area contributed by atoms with Crippen LogP contribution in [-0.4, -0.2) is 94.2 Å². The average molecular weight is 522 g/mol. The van der Waals surface area contributed by atoms with Crippen molar-refractivity contribution in [2.45, 2.75) is 19.0 Å². The van der Waals surface area contributed by atoms with Crippen molar-refractivity contribution in [2.75, 3.05) is 45.8 Å². The van der Waals surface area contributed by atoms with Crippen LogP contribution in [0, 0.1) is 0 Å². The Morgan fingerprint density at radius 1 is 0.806 bits per heavy atom. The number of hydrogen-bond acceptors (Lipinski definition) is 7. The van der Waals surface area contributed by atoms with Crippen LogP contribution in [0.25, 0.3) is 0 Å². The van der Waals surface area contributed by atoms with Crippen molar-refractivity contribution in [3.8, 4) is 0 Å². The molecule has 6 rings (SSSR count). The molecule has 0 bridgehead atoms. The van der Waals surface area contributed by atoms with Gasteiger partial charge in [-0.2, -0.15) is 0 Å². The zero-order valence-electron chi connectivity index (χ0n) is 19.8. The van der Waals surface area contributed by atoms with E-state index >= 15 is 0 Å². The Bertz CT molecular complexity index is 1260. The lowest BCUT2D eigenvalue weighted by Crippen LogP contribution is -2.64. The Hall–Kier alpha value is -3.08. The van der Waals surface area contributed by atoms with Gasteiger partial charge in [-0.25, -0.2) is 4.98 Å². The van der Waals surface area contributed by atoms with E-state index in [9.17, 15) is 14.4 Å². The third kappa shape index (κ3) is 4.44. The van der Waals surface area contributed by atoms with E-state index in [1.54, 1.807) is 6.20 Å². The van der Waals surface area contributed by atoms with Gasteiger partial charge in [-0.05, 0) is 41.1 Å². The fraction of sp³-hybridized carbons (Fsp3) is 0.385. The van der Waals surface area contributed by atoms with E-state index in [0.29, 0.717) is 37.2 Å². The molecule has 0 unspecified atom stereocenters. The predicted octanol–water partition coefficient (Wildman–Crippen LogP) is 2.69. The van der Waals surface area contributed by atoms with Gasteiger partial charge in [0.05, 0.1) is 4.88 Å². The topological polar surface area (TPSA) is 77.1 Å². The fourth-order valence-corrected chi connectivity index (χ4v) is 6.50. The lowest BCUT2D eigenvalue weighted by Gasteiger charge is -2.48. The van der Waals surface area contributed by atoms with E-state index in [1.807, 2.05) is 55.8 Å². The summed E-state index contributed by atoms with van der Waals surface area (Å²) in [6.45, 7) is 5.73. The van der Waals surface area contributed by atoms with Crippen molar-refractivity contribution in [3.63, 3.8) is 0 Å². The van der Waals surface area contributed by atoms with Crippen molar-refractivity contribution in [2.24, 2.45) is 0 Å². The summed E-state index contributed by atoms with van der Waals surface area (Å²) in [6, 6.07) is 10.0. The Kier molecular flexibility index (Phi) is 6.32.